The average molecular weight is 369 g/mol. The van der Waals surface area contributed by atoms with Gasteiger partial charge in [-0.15, -0.1) is 0 Å². The number of carbonyl (C=O) groups is 1. The first-order valence-electron chi connectivity index (χ1n) is 9.12. The molecular weight excluding hydrogens is 342 g/mol. The van der Waals surface area contributed by atoms with Crippen LogP contribution in [-0.2, 0) is 4.79 Å². The van der Waals surface area contributed by atoms with Gasteiger partial charge in [-0.05, 0) is 42.4 Å². The number of hydrogen-bond acceptors (Lipinski definition) is 4. The minimum absolute atomic E-state index is 0.229. The van der Waals surface area contributed by atoms with E-state index in [-0.39, 0.29) is 5.57 Å². The van der Waals surface area contributed by atoms with Crippen molar-refractivity contribution in [3.05, 3.63) is 59.7 Å². The zero-order valence-corrected chi connectivity index (χ0v) is 16.1. The Morgan fingerprint density at radius 1 is 1.07 bits per heavy atom. The lowest BCUT2D eigenvalue weighted by molar-refractivity contribution is -0.130. The molecule has 0 spiro atoms. The minimum Gasteiger partial charge on any atom is -0.493 e. The number of likely N-dealkylation sites (N-methyl/N-ethyl adjacent to an activating group) is 1. The SMILES string of the molecule is CCN(CC)CCOc1ccc(/C=C(\C(=O)O)c2ccccc2)cc1OC. The van der Waals surface area contributed by atoms with Gasteiger partial charge in [0.2, 0.25) is 0 Å². The van der Waals surface area contributed by atoms with Crippen molar-refractivity contribution in [2.75, 3.05) is 33.4 Å². The number of aliphatic carboxylic acids is 1. The van der Waals surface area contributed by atoms with E-state index in [1.54, 1.807) is 31.4 Å². The van der Waals surface area contributed by atoms with Gasteiger partial charge in [0.15, 0.2) is 11.5 Å². The number of rotatable bonds is 10. The summed E-state index contributed by atoms with van der Waals surface area (Å²) in [5.41, 5.74) is 1.63. The molecule has 2 aromatic rings. The number of nitrogens with zero attached hydrogens (tertiary/aromatic N) is 1. The Hall–Kier alpha value is -2.79. The molecule has 0 radical (unpaired) electrons. The lowest BCUT2D eigenvalue weighted by atomic mass is 10.0. The summed E-state index contributed by atoms with van der Waals surface area (Å²) < 4.78 is 11.3. The first kappa shape index (κ1) is 20.5. The summed E-state index contributed by atoms with van der Waals surface area (Å²) in [6.45, 7) is 7.62. The fraction of sp³-hybridized carbons (Fsp3) is 0.318. The first-order chi connectivity index (χ1) is 13.1. The molecule has 0 bridgehead atoms. The molecule has 0 unspecified atom stereocenters. The maximum atomic E-state index is 11.7. The number of benzene rings is 2. The van der Waals surface area contributed by atoms with Gasteiger partial charge in [-0.25, -0.2) is 4.79 Å². The fourth-order valence-electron chi connectivity index (χ4n) is 2.77. The van der Waals surface area contributed by atoms with Crippen LogP contribution >= 0.6 is 0 Å². The van der Waals surface area contributed by atoms with Crippen LogP contribution < -0.4 is 9.47 Å². The monoisotopic (exact) mass is 369 g/mol. The highest BCUT2D eigenvalue weighted by Crippen LogP contribution is 2.30. The predicted octanol–water partition coefficient (Wildman–Crippen LogP) is 4.04. The molecule has 2 aromatic carbocycles. The van der Waals surface area contributed by atoms with Crippen molar-refractivity contribution in [1.82, 2.24) is 4.90 Å². The highest BCUT2D eigenvalue weighted by Gasteiger charge is 2.12. The molecule has 0 aliphatic carbocycles. The van der Waals surface area contributed by atoms with Crippen molar-refractivity contribution >= 4 is 17.6 Å². The van der Waals surface area contributed by atoms with Crippen LogP contribution in [0.25, 0.3) is 11.6 Å². The summed E-state index contributed by atoms with van der Waals surface area (Å²) in [7, 11) is 1.58. The van der Waals surface area contributed by atoms with Gasteiger partial charge in [-0.1, -0.05) is 50.2 Å². The Morgan fingerprint density at radius 2 is 1.78 bits per heavy atom. The van der Waals surface area contributed by atoms with Crippen molar-refractivity contribution in [2.45, 2.75) is 13.8 Å². The second kappa shape index (κ2) is 10.4. The highest BCUT2D eigenvalue weighted by molar-refractivity contribution is 6.20. The molecule has 0 saturated carbocycles. The van der Waals surface area contributed by atoms with E-state index < -0.39 is 5.97 Å². The Bertz CT molecular complexity index is 767. The smallest absolute Gasteiger partial charge is 0.336 e. The maximum Gasteiger partial charge on any atom is 0.336 e. The van der Waals surface area contributed by atoms with Crippen LogP contribution in [0.5, 0.6) is 11.5 Å². The van der Waals surface area contributed by atoms with Gasteiger partial charge in [0.25, 0.3) is 0 Å². The van der Waals surface area contributed by atoms with Gasteiger partial charge in [0.05, 0.1) is 12.7 Å². The summed E-state index contributed by atoms with van der Waals surface area (Å²) in [6.07, 6.45) is 1.64. The average Bonchev–Trinajstić information content (AvgIpc) is 2.70. The number of hydrogen-bond donors (Lipinski definition) is 1. The molecular formula is C22H27NO4. The molecule has 0 atom stereocenters. The van der Waals surface area contributed by atoms with E-state index in [2.05, 4.69) is 18.7 Å². The Labute approximate surface area is 160 Å². The summed E-state index contributed by atoms with van der Waals surface area (Å²) >= 11 is 0. The third-order valence-corrected chi connectivity index (χ3v) is 4.37. The molecule has 5 nitrogen and oxygen atoms in total. The second-order valence-electron chi connectivity index (χ2n) is 6.01. The molecule has 0 aromatic heterocycles. The van der Waals surface area contributed by atoms with Crippen molar-refractivity contribution in [3.63, 3.8) is 0 Å². The topological polar surface area (TPSA) is 59.0 Å². The summed E-state index contributed by atoms with van der Waals surface area (Å²) in [4.78, 5) is 13.9. The summed E-state index contributed by atoms with van der Waals surface area (Å²) in [5.74, 6) is 0.263. The molecule has 0 aliphatic heterocycles. The minimum atomic E-state index is -0.972. The van der Waals surface area contributed by atoms with Gasteiger partial charge in [-0.2, -0.15) is 0 Å². The summed E-state index contributed by atoms with van der Waals surface area (Å²) in [5, 5.41) is 9.56. The summed E-state index contributed by atoms with van der Waals surface area (Å²) in [6, 6.07) is 14.5. The van der Waals surface area contributed by atoms with Crippen LogP contribution in [0.15, 0.2) is 48.5 Å². The van der Waals surface area contributed by atoms with Crippen LogP contribution in [0.4, 0.5) is 0 Å². The van der Waals surface area contributed by atoms with Crippen molar-refractivity contribution < 1.29 is 19.4 Å². The maximum absolute atomic E-state index is 11.7. The lowest BCUT2D eigenvalue weighted by Crippen LogP contribution is -2.27. The van der Waals surface area contributed by atoms with Gasteiger partial charge >= 0.3 is 5.97 Å². The lowest BCUT2D eigenvalue weighted by Gasteiger charge is -2.18. The van der Waals surface area contributed by atoms with E-state index in [9.17, 15) is 9.90 Å². The van der Waals surface area contributed by atoms with Gasteiger partial charge in [0.1, 0.15) is 6.61 Å². The van der Waals surface area contributed by atoms with Gasteiger partial charge in [-0.3, -0.25) is 0 Å². The van der Waals surface area contributed by atoms with Crippen LogP contribution in [0.3, 0.4) is 0 Å². The molecule has 2 rings (SSSR count). The molecule has 144 valence electrons. The number of carboxylic acids is 1. The predicted molar refractivity (Wildman–Crippen MR) is 108 cm³/mol. The van der Waals surface area contributed by atoms with Crippen molar-refractivity contribution in [2.24, 2.45) is 0 Å². The number of ether oxygens (including phenoxy) is 2. The zero-order chi connectivity index (χ0) is 19.6. The molecule has 27 heavy (non-hydrogen) atoms. The van der Waals surface area contributed by atoms with Gasteiger partial charge < -0.3 is 19.5 Å². The van der Waals surface area contributed by atoms with Crippen LogP contribution in [-0.4, -0.2) is 49.3 Å². The third kappa shape index (κ3) is 5.86. The molecule has 1 N–H and O–H groups in total. The van der Waals surface area contributed by atoms with E-state index in [1.165, 1.54) is 0 Å². The van der Waals surface area contributed by atoms with Crippen LogP contribution in [0, 0.1) is 0 Å². The molecule has 5 heteroatoms. The molecule has 0 amide bonds. The van der Waals surface area contributed by atoms with Crippen LogP contribution in [0.2, 0.25) is 0 Å². The second-order valence-corrected chi connectivity index (χ2v) is 6.01. The first-order valence-corrected chi connectivity index (χ1v) is 9.12. The molecule has 0 heterocycles. The van der Waals surface area contributed by atoms with E-state index in [1.807, 2.05) is 30.3 Å². The van der Waals surface area contributed by atoms with E-state index in [0.717, 1.165) is 25.2 Å². The quantitative estimate of drug-likeness (QED) is 0.506. The normalized spacial score (nSPS) is 11.5. The highest BCUT2D eigenvalue weighted by atomic mass is 16.5. The molecule has 0 fully saturated rings. The number of methoxy groups -OCH3 is 1. The third-order valence-electron chi connectivity index (χ3n) is 4.37. The zero-order valence-electron chi connectivity index (χ0n) is 16.1. The Kier molecular flexibility index (Phi) is 7.89. The molecule has 0 aliphatic rings. The fourth-order valence-corrected chi connectivity index (χ4v) is 2.77. The Morgan fingerprint density at radius 3 is 2.37 bits per heavy atom. The van der Waals surface area contributed by atoms with Crippen molar-refractivity contribution in [3.8, 4) is 11.5 Å². The number of carboxylic acid groups (broad SMARTS) is 1. The van der Waals surface area contributed by atoms with Crippen LogP contribution in [0.1, 0.15) is 25.0 Å². The van der Waals surface area contributed by atoms with E-state index in [0.29, 0.717) is 23.7 Å². The van der Waals surface area contributed by atoms with Crippen molar-refractivity contribution in [1.29, 1.82) is 0 Å². The van der Waals surface area contributed by atoms with Gasteiger partial charge in [0, 0.05) is 6.54 Å². The Balaban J connectivity index is 2.20. The molecule has 0 saturated heterocycles. The standard InChI is InChI=1S/C22H27NO4/c1-4-23(5-2)13-14-27-20-12-11-17(16-21(20)26-3)15-19(22(24)25)18-9-7-6-8-10-18/h6-12,15-16H,4-5,13-14H2,1-3H3,(H,24,25)/b19-15-. The van der Waals surface area contributed by atoms with E-state index in [4.69, 9.17) is 9.47 Å². The largest absolute Gasteiger partial charge is 0.493 e. The van der Waals surface area contributed by atoms with E-state index >= 15 is 0 Å².